The van der Waals surface area contributed by atoms with Gasteiger partial charge >= 0.3 is 10.2 Å². The van der Waals surface area contributed by atoms with Crippen LogP contribution >= 0.6 is 0 Å². The van der Waals surface area contributed by atoms with E-state index >= 15 is 4.39 Å². The number of sulfonamides is 1. The van der Waals surface area contributed by atoms with Crippen molar-refractivity contribution in [3.63, 3.8) is 0 Å². The summed E-state index contributed by atoms with van der Waals surface area (Å²) < 4.78 is 94.8. The van der Waals surface area contributed by atoms with Gasteiger partial charge in [-0.1, -0.05) is 12.1 Å². The summed E-state index contributed by atoms with van der Waals surface area (Å²) in [5.74, 6) is -4.36. The van der Waals surface area contributed by atoms with Crippen LogP contribution in [0.2, 0.25) is 0 Å². The molecule has 5 rings (SSSR count). The fourth-order valence-electron chi connectivity index (χ4n) is 4.62. The highest BCUT2D eigenvalue weighted by Crippen LogP contribution is 2.51. The molecule has 196 valence electrons. The van der Waals surface area contributed by atoms with Crippen LogP contribution in [0.25, 0.3) is 11.3 Å². The third-order valence-corrected chi connectivity index (χ3v) is 10.0. The molecule has 2 aliphatic heterocycles. The normalized spacial score (nSPS) is 23.6. The van der Waals surface area contributed by atoms with E-state index in [4.69, 9.17) is 0 Å². The van der Waals surface area contributed by atoms with E-state index in [1.165, 1.54) is 29.7 Å². The summed E-state index contributed by atoms with van der Waals surface area (Å²) in [6.45, 7) is 1.52. The largest absolute Gasteiger partial charge is 0.327 e. The number of hydrogen-bond donors (Lipinski definition) is 0. The second-order valence-electron chi connectivity index (χ2n) is 9.42. The molecule has 1 unspecified atom stereocenters. The molecular formula is C22H26F3N5O4S2. The Bertz CT molecular complexity index is 1410. The summed E-state index contributed by atoms with van der Waals surface area (Å²) in [5.41, 5.74) is 0.990. The fraction of sp³-hybridized carbons (Fsp3) is 0.500. The van der Waals surface area contributed by atoms with Crippen LogP contribution in [0.15, 0.2) is 30.3 Å². The average Bonchev–Trinajstić information content (AvgIpc) is 3.37. The lowest BCUT2D eigenvalue weighted by Crippen LogP contribution is -2.47. The summed E-state index contributed by atoms with van der Waals surface area (Å²) >= 11 is 0. The zero-order chi connectivity index (χ0) is 26.0. The van der Waals surface area contributed by atoms with Gasteiger partial charge in [0.2, 0.25) is 10.0 Å². The van der Waals surface area contributed by atoms with E-state index in [0.29, 0.717) is 31.7 Å². The maximum absolute atomic E-state index is 15.5. The first-order valence-electron chi connectivity index (χ1n) is 11.4. The predicted octanol–water partition coefficient (Wildman–Crippen LogP) is 2.12. The first-order chi connectivity index (χ1) is 16.8. The highest BCUT2D eigenvalue weighted by atomic mass is 32.2. The second kappa shape index (κ2) is 8.57. The molecule has 1 aromatic carbocycles. The van der Waals surface area contributed by atoms with Crippen molar-refractivity contribution in [2.24, 2.45) is 5.92 Å². The van der Waals surface area contributed by atoms with Gasteiger partial charge in [0.1, 0.15) is 5.82 Å². The van der Waals surface area contributed by atoms with Gasteiger partial charge in [-0.2, -0.15) is 12.7 Å². The molecule has 0 N–H and O–H groups in total. The van der Waals surface area contributed by atoms with Crippen molar-refractivity contribution in [2.75, 3.05) is 54.6 Å². The molecule has 1 atom stereocenters. The predicted molar refractivity (Wildman–Crippen MR) is 129 cm³/mol. The second-order valence-corrected chi connectivity index (χ2v) is 13.3. The Labute approximate surface area is 208 Å². The first kappa shape index (κ1) is 25.2. The fourth-order valence-corrected chi connectivity index (χ4v) is 6.85. The molecule has 0 bridgehead atoms. The zero-order valence-electron chi connectivity index (χ0n) is 19.7. The number of hydrogen-bond acceptors (Lipinski definition) is 6. The molecule has 9 nitrogen and oxygen atoms in total. The van der Waals surface area contributed by atoms with Gasteiger partial charge in [0.15, 0.2) is 5.82 Å². The van der Waals surface area contributed by atoms with Gasteiger partial charge in [-0.15, -0.1) is 0 Å². The van der Waals surface area contributed by atoms with Crippen LogP contribution in [-0.4, -0.2) is 83.0 Å². The Kier molecular flexibility index (Phi) is 6.01. The SMILES string of the molecule is CN1c2nc(-c3cccc(CN4CCN(S(C)(=O)=O)CC4)c3F)ccc2N(CC2CC2(F)F)S1(=O)=O. The van der Waals surface area contributed by atoms with E-state index in [1.807, 2.05) is 4.90 Å². The maximum atomic E-state index is 15.5. The standard InChI is InChI=1S/C22H26F3N5O4S2/c1-27-21-19(30(36(27,33)34)14-16-12-22(16,24)25)7-6-18(26-21)17-5-3-4-15(20(17)23)13-28-8-10-29(11-9-28)35(2,31)32/h3-7,16H,8-14H2,1-2H3. The van der Waals surface area contributed by atoms with Gasteiger partial charge in [0, 0.05) is 69.8 Å². The number of pyridine rings is 1. The highest BCUT2D eigenvalue weighted by molar-refractivity contribution is 7.94. The molecule has 1 saturated carbocycles. The lowest BCUT2D eigenvalue weighted by Gasteiger charge is -2.33. The lowest BCUT2D eigenvalue weighted by atomic mass is 10.1. The van der Waals surface area contributed by atoms with Crippen molar-refractivity contribution >= 4 is 31.7 Å². The van der Waals surface area contributed by atoms with Gasteiger partial charge in [-0.05, 0) is 18.2 Å². The molecule has 0 amide bonds. The molecule has 2 aromatic rings. The number of aromatic nitrogens is 1. The van der Waals surface area contributed by atoms with Crippen molar-refractivity contribution in [2.45, 2.75) is 18.9 Å². The Morgan fingerprint density at radius 2 is 1.78 bits per heavy atom. The van der Waals surface area contributed by atoms with Gasteiger partial charge in [0.05, 0.1) is 17.6 Å². The van der Waals surface area contributed by atoms with Crippen LogP contribution in [0.3, 0.4) is 0 Å². The number of benzene rings is 1. The van der Waals surface area contributed by atoms with Crippen LogP contribution in [0.1, 0.15) is 12.0 Å². The Morgan fingerprint density at radius 1 is 1.11 bits per heavy atom. The summed E-state index contributed by atoms with van der Waals surface area (Å²) in [5, 5.41) is 0. The molecule has 14 heteroatoms. The molecule has 3 heterocycles. The van der Waals surface area contributed by atoms with Crippen LogP contribution < -0.4 is 8.61 Å². The Hall–Kier alpha value is -2.42. The number of fused-ring (bicyclic) bond motifs is 1. The minimum atomic E-state index is -4.06. The van der Waals surface area contributed by atoms with E-state index in [0.717, 1.165) is 8.61 Å². The summed E-state index contributed by atoms with van der Waals surface area (Å²) in [4.78, 5) is 6.35. The number of alkyl halides is 2. The van der Waals surface area contributed by atoms with Crippen LogP contribution in [0.4, 0.5) is 24.7 Å². The topological polar surface area (TPSA) is 94.1 Å². The van der Waals surface area contributed by atoms with Crippen molar-refractivity contribution in [3.05, 3.63) is 41.7 Å². The van der Waals surface area contributed by atoms with Crippen LogP contribution in [0.5, 0.6) is 0 Å². The molecular weight excluding hydrogens is 519 g/mol. The first-order valence-corrected chi connectivity index (χ1v) is 14.6. The molecule has 1 aliphatic carbocycles. The summed E-state index contributed by atoms with van der Waals surface area (Å²) in [6.07, 6.45) is 0.809. The average molecular weight is 546 g/mol. The molecule has 1 saturated heterocycles. The molecule has 0 radical (unpaired) electrons. The highest BCUT2D eigenvalue weighted by Gasteiger charge is 2.59. The van der Waals surface area contributed by atoms with E-state index in [9.17, 15) is 25.6 Å². The number of piperazine rings is 1. The number of anilines is 2. The third-order valence-electron chi connectivity index (χ3n) is 6.94. The molecule has 36 heavy (non-hydrogen) atoms. The third kappa shape index (κ3) is 4.44. The van der Waals surface area contributed by atoms with Crippen LogP contribution in [-0.2, 0) is 26.8 Å². The molecule has 1 aromatic heterocycles. The minimum Gasteiger partial charge on any atom is -0.296 e. The van der Waals surface area contributed by atoms with Gasteiger partial charge in [-0.25, -0.2) is 35.2 Å². The van der Waals surface area contributed by atoms with Crippen molar-refractivity contribution in [1.29, 1.82) is 0 Å². The van der Waals surface area contributed by atoms with E-state index in [2.05, 4.69) is 4.98 Å². The molecule has 0 spiro atoms. The number of halogens is 3. The smallest absolute Gasteiger partial charge is 0.296 e. The van der Waals surface area contributed by atoms with Gasteiger partial charge < -0.3 is 0 Å². The van der Waals surface area contributed by atoms with Crippen LogP contribution in [0, 0.1) is 11.7 Å². The Balaban J connectivity index is 1.38. The number of rotatable bonds is 6. The summed E-state index contributed by atoms with van der Waals surface area (Å²) in [6, 6.07) is 7.82. The van der Waals surface area contributed by atoms with Crippen molar-refractivity contribution in [1.82, 2.24) is 14.2 Å². The lowest BCUT2D eigenvalue weighted by molar-refractivity contribution is 0.101. The minimum absolute atomic E-state index is 0.0539. The van der Waals surface area contributed by atoms with E-state index in [-0.39, 0.29) is 42.3 Å². The van der Waals surface area contributed by atoms with E-state index < -0.39 is 37.9 Å². The monoisotopic (exact) mass is 545 g/mol. The Morgan fingerprint density at radius 3 is 2.39 bits per heavy atom. The van der Waals surface area contributed by atoms with Crippen molar-refractivity contribution in [3.8, 4) is 11.3 Å². The quantitative estimate of drug-likeness (QED) is 0.552. The maximum Gasteiger partial charge on any atom is 0.327 e. The van der Waals surface area contributed by atoms with E-state index in [1.54, 1.807) is 18.2 Å². The molecule has 2 fully saturated rings. The zero-order valence-corrected chi connectivity index (χ0v) is 21.4. The summed E-state index contributed by atoms with van der Waals surface area (Å²) in [7, 11) is -6.03. The molecule has 3 aliphatic rings. The van der Waals surface area contributed by atoms with Gasteiger partial charge in [-0.3, -0.25) is 4.90 Å². The van der Waals surface area contributed by atoms with Gasteiger partial charge in [0.25, 0.3) is 5.92 Å². The van der Waals surface area contributed by atoms with Crippen molar-refractivity contribution < 1.29 is 30.0 Å². The number of nitrogens with zero attached hydrogens (tertiary/aromatic N) is 5.